The number of hydrogen-bond acceptors (Lipinski definition) is 3. The minimum Gasteiger partial charge on any atom is -0.355 e. The first kappa shape index (κ1) is 17.7. The third kappa shape index (κ3) is 5.58. The Labute approximate surface area is 129 Å². The van der Waals surface area contributed by atoms with Gasteiger partial charge in [-0.2, -0.15) is 0 Å². The van der Waals surface area contributed by atoms with Crippen LogP contribution in [0, 0.1) is 11.8 Å². The maximum Gasteiger partial charge on any atom is 0.224 e. The van der Waals surface area contributed by atoms with Crippen LogP contribution in [-0.2, 0) is 4.79 Å². The molecule has 1 aliphatic carbocycles. The summed E-state index contributed by atoms with van der Waals surface area (Å²) in [5.41, 5.74) is 5.43. The Balaban J connectivity index is 0.00000200. The minimum absolute atomic E-state index is 0. The highest BCUT2D eigenvalue weighted by Crippen LogP contribution is 2.26. The first-order chi connectivity index (χ1) is 9.29. The Morgan fingerprint density at radius 2 is 1.90 bits per heavy atom. The predicted octanol–water partition coefficient (Wildman–Crippen LogP) is 1.78. The van der Waals surface area contributed by atoms with E-state index in [0.717, 1.165) is 25.3 Å². The molecule has 5 heteroatoms. The monoisotopic (exact) mass is 303 g/mol. The smallest absolute Gasteiger partial charge is 0.224 e. The SMILES string of the molecule is Cl.NCCNC(=O)C1CCCN(CC2CCCCC2)C1. The standard InChI is InChI=1S/C15H29N3O.ClH/c16-8-9-17-15(19)14-7-4-10-18(12-14)11-13-5-2-1-3-6-13;/h13-14H,1-12,16H2,(H,17,19);1H. The van der Waals surface area contributed by atoms with Gasteiger partial charge >= 0.3 is 0 Å². The van der Waals surface area contributed by atoms with Gasteiger partial charge in [0.2, 0.25) is 5.91 Å². The lowest BCUT2D eigenvalue weighted by molar-refractivity contribution is -0.126. The molecule has 1 saturated carbocycles. The van der Waals surface area contributed by atoms with E-state index in [9.17, 15) is 4.79 Å². The van der Waals surface area contributed by atoms with Crippen LogP contribution in [0.4, 0.5) is 0 Å². The fraction of sp³-hybridized carbons (Fsp3) is 0.933. The van der Waals surface area contributed by atoms with Crippen LogP contribution in [-0.4, -0.2) is 43.5 Å². The van der Waals surface area contributed by atoms with Gasteiger partial charge in [0.05, 0.1) is 5.92 Å². The van der Waals surface area contributed by atoms with Crippen molar-refractivity contribution in [2.75, 3.05) is 32.7 Å². The molecule has 20 heavy (non-hydrogen) atoms. The van der Waals surface area contributed by atoms with E-state index < -0.39 is 0 Å². The molecular formula is C15H30ClN3O. The van der Waals surface area contributed by atoms with Gasteiger partial charge in [-0.3, -0.25) is 4.79 Å². The van der Waals surface area contributed by atoms with Gasteiger partial charge in [-0.25, -0.2) is 0 Å². The maximum atomic E-state index is 12.0. The highest BCUT2D eigenvalue weighted by Gasteiger charge is 2.27. The Morgan fingerprint density at radius 3 is 2.60 bits per heavy atom. The first-order valence-electron chi connectivity index (χ1n) is 7.99. The number of nitrogens with one attached hydrogen (secondary N) is 1. The summed E-state index contributed by atoms with van der Waals surface area (Å²) in [5.74, 6) is 1.27. The molecule has 1 aliphatic heterocycles. The van der Waals surface area contributed by atoms with Crippen molar-refractivity contribution in [3.8, 4) is 0 Å². The number of piperidine rings is 1. The van der Waals surface area contributed by atoms with E-state index in [1.807, 2.05) is 0 Å². The summed E-state index contributed by atoms with van der Waals surface area (Å²) in [6.07, 6.45) is 9.20. The third-order valence-corrected chi connectivity index (χ3v) is 4.56. The lowest BCUT2D eigenvalue weighted by Gasteiger charge is -2.35. The van der Waals surface area contributed by atoms with Crippen molar-refractivity contribution in [1.29, 1.82) is 0 Å². The zero-order valence-electron chi connectivity index (χ0n) is 12.5. The summed E-state index contributed by atoms with van der Waals surface area (Å²) in [4.78, 5) is 14.5. The van der Waals surface area contributed by atoms with Crippen molar-refractivity contribution < 1.29 is 4.79 Å². The predicted molar refractivity (Wildman–Crippen MR) is 85.1 cm³/mol. The molecule has 1 atom stereocenters. The van der Waals surface area contributed by atoms with E-state index in [0.29, 0.717) is 13.1 Å². The number of carbonyl (C=O) groups is 1. The molecule has 1 saturated heterocycles. The number of likely N-dealkylation sites (tertiary alicyclic amines) is 1. The van der Waals surface area contributed by atoms with Gasteiger partial charge in [0, 0.05) is 26.2 Å². The van der Waals surface area contributed by atoms with Gasteiger partial charge in [-0.15, -0.1) is 12.4 Å². The lowest BCUT2D eigenvalue weighted by atomic mass is 9.88. The van der Waals surface area contributed by atoms with Crippen LogP contribution in [0.15, 0.2) is 0 Å². The van der Waals surface area contributed by atoms with Crippen LogP contribution in [0.2, 0.25) is 0 Å². The first-order valence-corrected chi connectivity index (χ1v) is 7.99. The molecule has 118 valence electrons. The molecule has 2 aliphatic rings. The lowest BCUT2D eigenvalue weighted by Crippen LogP contribution is -2.45. The van der Waals surface area contributed by atoms with Crippen LogP contribution in [0.1, 0.15) is 44.9 Å². The van der Waals surface area contributed by atoms with Gasteiger partial charge in [0.15, 0.2) is 0 Å². The highest BCUT2D eigenvalue weighted by molar-refractivity contribution is 5.85. The Kier molecular flexibility index (Phi) is 8.50. The minimum atomic E-state index is 0. The largest absolute Gasteiger partial charge is 0.355 e. The number of halogens is 1. The number of hydrogen-bond donors (Lipinski definition) is 2. The van der Waals surface area contributed by atoms with Crippen molar-refractivity contribution in [1.82, 2.24) is 10.2 Å². The summed E-state index contributed by atoms with van der Waals surface area (Å²) >= 11 is 0. The van der Waals surface area contributed by atoms with Gasteiger partial charge in [0.25, 0.3) is 0 Å². The molecule has 0 aromatic carbocycles. The molecular weight excluding hydrogens is 274 g/mol. The van der Waals surface area contributed by atoms with Crippen LogP contribution in [0.25, 0.3) is 0 Å². The zero-order valence-corrected chi connectivity index (χ0v) is 13.3. The second kappa shape index (κ2) is 9.59. The average Bonchev–Trinajstić information content (AvgIpc) is 2.46. The molecule has 0 radical (unpaired) electrons. The molecule has 0 spiro atoms. The Bertz CT molecular complexity index is 282. The topological polar surface area (TPSA) is 58.4 Å². The third-order valence-electron chi connectivity index (χ3n) is 4.56. The van der Waals surface area contributed by atoms with Crippen molar-refractivity contribution in [2.45, 2.75) is 44.9 Å². The molecule has 0 aromatic heterocycles. The van der Waals surface area contributed by atoms with Crippen LogP contribution in [0.5, 0.6) is 0 Å². The molecule has 1 unspecified atom stereocenters. The van der Waals surface area contributed by atoms with Crippen molar-refractivity contribution >= 4 is 18.3 Å². The molecule has 2 rings (SSSR count). The van der Waals surface area contributed by atoms with Crippen molar-refractivity contribution in [3.63, 3.8) is 0 Å². The summed E-state index contributed by atoms with van der Waals surface area (Å²) in [6.45, 7) is 4.48. The van der Waals surface area contributed by atoms with Crippen molar-refractivity contribution in [2.24, 2.45) is 17.6 Å². The van der Waals surface area contributed by atoms with Gasteiger partial charge in [-0.1, -0.05) is 19.3 Å². The maximum absolute atomic E-state index is 12.0. The normalized spacial score (nSPS) is 24.9. The summed E-state index contributed by atoms with van der Waals surface area (Å²) in [5, 5.41) is 2.94. The van der Waals surface area contributed by atoms with E-state index in [1.165, 1.54) is 45.2 Å². The Hall–Kier alpha value is -0.320. The van der Waals surface area contributed by atoms with Crippen LogP contribution in [0.3, 0.4) is 0 Å². The fourth-order valence-corrected chi connectivity index (χ4v) is 3.51. The average molecular weight is 304 g/mol. The van der Waals surface area contributed by atoms with E-state index in [2.05, 4.69) is 10.2 Å². The second-order valence-electron chi connectivity index (χ2n) is 6.18. The summed E-state index contributed by atoms with van der Waals surface area (Å²) in [7, 11) is 0. The van der Waals surface area contributed by atoms with Crippen LogP contribution >= 0.6 is 12.4 Å². The van der Waals surface area contributed by atoms with E-state index in [-0.39, 0.29) is 24.2 Å². The fourth-order valence-electron chi connectivity index (χ4n) is 3.51. The molecule has 3 N–H and O–H groups in total. The molecule has 4 nitrogen and oxygen atoms in total. The molecule has 1 heterocycles. The quantitative estimate of drug-likeness (QED) is 0.814. The second-order valence-corrected chi connectivity index (χ2v) is 6.18. The number of carbonyl (C=O) groups excluding carboxylic acids is 1. The van der Waals surface area contributed by atoms with Gasteiger partial charge < -0.3 is 16.0 Å². The zero-order chi connectivity index (χ0) is 13.5. The van der Waals surface area contributed by atoms with E-state index in [4.69, 9.17) is 5.73 Å². The number of rotatable bonds is 5. The summed E-state index contributed by atoms with van der Waals surface area (Å²) in [6, 6.07) is 0. The number of nitrogens with two attached hydrogens (primary N) is 1. The molecule has 0 aromatic rings. The van der Waals surface area contributed by atoms with E-state index in [1.54, 1.807) is 0 Å². The number of amides is 1. The summed E-state index contributed by atoms with van der Waals surface area (Å²) < 4.78 is 0. The molecule has 0 bridgehead atoms. The van der Waals surface area contributed by atoms with Crippen molar-refractivity contribution in [3.05, 3.63) is 0 Å². The number of nitrogens with zero attached hydrogens (tertiary/aromatic N) is 1. The van der Waals surface area contributed by atoms with Crippen LogP contribution < -0.4 is 11.1 Å². The van der Waals surface area contributed by atoms with Gasteiger partial charge in [0.1, 0.15) is 0 Å². The molecule has 2 fully saturated rings. The highest BCUT2D eigenvalue weighted by atomic mass is 35.5. The Morgan fingerprint density at radius 1 is 1.15 bits per heavy atom. The van der Waals surface area contributed by atoms with E-state index >= 15 is 0 Å². The van der Waals surface area contributed by atoms with Gasteiger partial charge in [-0.05, 0) is 38.1 Å². The molecule has 1 amide bonds.